The summed E-state index contributed by atoms with van der Waals surface area (Å²) < 4.78 is 22.2. The minimum Gasteiger partial charge on any atom is -0.497 e. The van der Waals surface area contributed by atoms with E-state index in [9.17, 15) is 9.59 Å². The molecule has 2 unspecified atom stereocenters. The Morgan fingerprint density at radius 3 is 2.02 bits per heavy atom. The Balaban J connectivity index is 2.18. The summed E-state index contributed by atoms with van der Waals surface area (Å²) in [6.07, 6.45) is 5.55. The van der Waals surface area contributed by atoms with Crippen molar-refractivity contribution in [1.82, 2.24) is 0 Å². The average Bonchev–Trinajstić information content (AvgIpc) is 2.90. The van der Waals surface area contributed by atoms with Crippen LogP contribution in [-0.4, -0.2) is 42.6 Å². The molecule has 2 aromatic carbocycles. The van der Waals surface area contributed by atoms with Gasteiger partial charge in [-0.15, -0.1) is 0 Å². The lowest BCUT2D eigenvalue weighted by Gasteiger charge is -2.41. The number of rotatable bonds is 14. The fourth-order valence-corrected chi connectivity index (χ4v) is 5.23. The number of nitrogens with zero attached hydrogens (tertiary/aromatic N) is 1. The number of anilines is 1. The molecule has 2 atom stereocenters. The molecule has 8 nitrogen and oxygen atoms in total. The van der Waals surface area contributed by atoms with Crippen molar-refractivity contribution < 1.29 is 33.1 Å². The highest BCUT2D eigenvalue weighted by atomic mass is 16.7. The van der Waals surface area contributed by atoms with Crippen molar-refractivity contribution in [2.45, 2.75) is 92.5 Å². The number of hydrogen-bond acceptors (Lipinski definition) is 7. The highest BCUT2D eigenvalue weighted by molar-refractivity contribution is 6.15. The number of hydrogen-bond donors (Lipinski definition) is 1. The van der Waals surface area contributed by atoms with E-state index in [2.05, 4.69) is 64.3 Å². The highest BCUT2D eigenvalue weighted by Gasteiger charge is 2.44. The SMILES string of the molecule is COc1ccc(N[N+](C=C2C(=O)OC(C)(C)OC2=O)(Cc2ccc(CC(C)C)cc2)C(C)CCCC(C)C)c(OC)c1. The van der Waals surface area contributed by atoms with E-state index in [0.717, 1.165) is 31.2 Å². The van der Waals surface area contributed by atoms with E-state index >= 15 is 0 Å². The van der Waals surface area contributed by atoms with Crippen LogP contribution >= 0.6 is 0 Å². The molecule has 0 amide bonds. The Hall–Kier alpha value is -3.52. The molecule has 0 bridgehead atoms. The summed E-state index contributed by atoms with van der Waals surface area (Å²) in [6, 6.07) is 14.0. The molecular formula is C34H49N2O6+. The largest absolute Gasteiger partial charge is 0.497 e. The van der Waals surface area contributed by atoms with E-state index in [0.29, 0.717) is 35.6 Å². The van der Waals surface area contributed by atoms with Gasteiger partial charge >= 0.3 is 11.9 Å². The zero-order valence-electron chi connectivity index (χ0n) is 26.8. The normalized spacial score (nSPS) is 16.9. The third kappa shape index (κ3) is 8.74. The molecule has 230 valence electrons. The van der Waals surface area contributed by atoms with Crippen molar-refractivity contribution in [3.63, 3.8) is 0 Å². The number of quaternary nitrogens is 1. The molecule has 1 aliphatic rings. The van der Waals surface area contributed by atoms with Gasteiger partial charge in [0.1, 0.15) is 30.2 Å². The molecule has 3 rings (SSSR count). The van der Waals surface area contributed by atoms with E-state index in [1.165, 1.54) is 5.56 Å². The van der Waals surface area contributed by atoms with Gasteiger partial charge in [0.25, 0.3) is 5.79 Å². The molecule has 0 saturated carbocycles. The Kier molecular flexibility index (Phi) is 11.1. The van der Waals surface area contributed by atoms with Crippen molar-refractivity contribution in [3.05, 3.63) is 65.4 Å². The Morgan fingerprint density at radius 1 is 0.857 bits per heavy atom. The van der Waals surface area contributed by atoms with Crippen LogP contribution in [0.1, 0.15) is 78.9 Å². The summed E-state index contributed by atoms with van der Waals surface area (Å²) in [5, 5.41) is 0. The van der Waals surface area contributed by atoms with Crippen molar-refractivity contribution in [2.24, 2.45) is 11.8 Å². The maximum atomic E-state index is 13.2. The molecule has 0 radical (unpaired) electrons. The summed E-state index contributed by atoms with van der Waals surface area (Å²) in [5.74, 6) is -0.400. The number of carbonyl (C=O) groups is 2. The van der Waals surface area contributed by atoms with Crippen LogP contribution < -0.4 is 14.9 Å². The molecular weight excluding hydrogens is 532 g/mol. The molecule has 0 spiro atoms. The van der Waals surface area contributed by atoms with Crippen molar-refractivity contribution in [1.29, 1.82) is 0 Å². The Bertz CT molecular complexity index is 1230. The van der Waals surface area contributed by atoms with Gasteiger partial charge in [0.05, 0.1) is 14.2 Å². The second-order valence-electron chi connectivity index (χ2n) is 12.6. The average molecular weight is 582 g/mol. The lowest BCUT2D eigenvalue weighted by atomic mass is 10.00. The molecule has 0 aliphatic carbocycles. The van der Waals surface area contributed by atoms with Crippen molar-refractivity contribution >= 4 is 17.6 Å². The predicted molar refractivity (Wildman–Crippen MR) is 165 cm³/mol. The molecule has 2 aromatic rings. The lowest BCUT2D eigenvalue weighted by molar-refractivity contribution is -0.895. The quantitative estimate of drug-likeness (QED) is 0.0832. The minimum atomic E-state index is -1.33. The summed E-state index contributed by atoms with van der Waals surface area (Å²) in [4.78, 5) is 26.4. The lowest BCUT2D eigenvalue weighted by Crippen LogP contribution is -2.55. The third-order valence-electron chi connectivity index (χ3n) is 7.51. The van der Waals surface area contributed by atoms with Crippen molar-refractivity contribution in [3.8, 4) is 11.5 Å². The first kappa shape index (κ1) is 33.0. The first-order chi connectivity index (χ1) is 19.8. The van der Waals surface area contributed by atoms with Crippen LogP contribution in [0, 0.1) is 11.8 Å². The minimum absolute atomic E-state index is 0.0598. The number of esters is 2. The molecule has 1 aliphatic heterocycles. The molecule has 8 heteroatoms. The van der Waals surface area contributed by atoms with Crippen LogP contribution in [0.3, 0.4) is 0 Å². The van der Waals surface area contributed by atoms with Gasteiger partial charge in [-0.05, 0) is 49.3 Å². The Labute approximate surface area is 251 Å². The third-order valence-corrected chi connectivity index (χ3v) is 7.51. The van der Waals surface area contributed by atoms with Gasteiger partial charge in [0.2, 0.25) is 0 Å². The molecule has 1 heterocycles. The van der Waals surface area contributed by atoms with Crippen LogP contribution in [0.25, 0.3) is 0 Å². The summed E-state index contributed by atoms with van der Waals surface area (Å²) in [6.45, 7) is 14.5. The zero-order chi connectivity index (χ0) is 31.1. The summed E-state index contributed by atoms with van der Waals surface area (Å²) >= 11 is 0. The molecule has 1 saturated heterocycles. The number of nitrogens with one attached hydrogen (secondary N) is 1. The first-order valence-electron chi connectivity index (χ1n) is 14.9. The van der Waals surface area contributed by atoms with Crippen LogP contribution in [0.5, 0.6) is 11.5 Å². The monoisotopic (exact) mass is 581 g/mol. The fourth-order valence-electron chi connectivity index (χ4n) is 5.23. The molecule has 1 N–H and O–H groups in total. The standard InChI is InChI=1S/C34H49N2O6/c1-23(2)11-10-12-25(5)36(21-27-15-13-26(14-16-27)19-24(3)4,22-29-32(37)41-34(6,7)42-33(29)38)35-30-18-17-28(39-8)20-31(30)40-9/h13-18,20,22-25,35H,10-12,19,21H2,1-9H3/q+1. The van der Waals surface area contributed by atoms with E-state index in [4.69, 9.17) is 18.9 Å². The molecule has 1 fully saturated rings. The fraction of sp³-hybridized carbons (Fsp3) is 0.529. The van der Waals surface area contributed by atoms with Gasteiger partial charge in [0.15, 0.2) is 11.3 Å². The predicted octanol–water partition coefficient (Wildman–Crippen LogP) is 7.18. The van der Waals surface area contributed by atoms with E-state index in [1.807, 2.05) is 12.1 Å². The maximum Gasteiger partial charge on any atom is 0.354 e. The molecule has 0 aromatic heterocycles. The van der Waals surface area contributed by atoms with Crippen LogP contribution in [-0.2, 0) is 32.0 Å². The van der Waals surface area contributed by atoms with E-state index in [1.54, 1.807) is 40.3 Å². The van der Waals surface area contributed by atoms with E-state index < -0.39 is 17.7 Å². The van der Waals surface area contributed by atoms with Gasteiger partial charge < -0.3 is 18.9 Å². The van der Waals surface area contributed by atoms with Gasteiger partial charge in [0, 0.05) is 31.9 Å². The van der Waals surface area contributed by atoms with Gasteiger partial charge in [-0.3, -0.25) is 0 Å². The number of carbonyl (C=O) groups excluding carboxylic acids is 2. The summed E-state index contributed by atoms with van der Waals surface area (Å²) in [5.41, 5.74) is 6.54. The van der Waals surface area contributed by atoms with E-state index in [-0.39, 0.29) is 16.2 Å². The van der Waals surface area contributed by atoms with Crippen LogP contribution in [0.4, 0.5) is 5.69 Å². The first-order valence-corrected chi connectivity index (χ1v) is 14.9. The highest BCUT2D eigenvalue weighted by Crippen LogP contribution is 2.36. The number of benzene rings is 2. The maximum absolute atomic E-state index is 13.2. The number of ether oxygens (including phenoxy) is 4. The summed E-state index contributed by atoms with van der Waals surface area (Å²) in [7, 11) is 3.21. The van der Waals surface area contributed by atoms with Crippen LogP contribution in [0.2, 0.25) is 0 Å². The van der Waals surface area contributed by atoms with Gasteiger partial charge in [-0.25, -0.2) is 15.0 Å². The zero-order valence-corrected chi connectivity index (χ0v) is 26.8. The van der Waals surface area contributed by atoms with Gasteiger partial charge in [-0.2, -0.15) is 4.59 Å². The van der Waals surface area contributed by atoms with Crippen molar-refractivity contribution in [2.75, 3.05) is 19.6 Å². The smallest absolute Gasteiger partial charge is 0.354 e. The number of cyclic esters (lactones) is 2. The molecule has 42 heavy (non-hydrogen) atoms. The van der Waals surface area contributed by atoms with Crippen LogP contribution in [0.15, 0.2) is 54.2 Å². The van der Waals surface area contributed by atoms with Gasteiger partial charge in [-0.1, -0.05) is 58.4 Å². The second-order valence-corrected chi connectivity index (χ2v) is 12.6. The Morgan fingerprint density at radius 2 is 1.48 bits per heavy atom. The second kappa shape index (κ2) is 14.1. The number of methoxy groups -OCH3 is 2. The topological polar surface area (TPSA) is 83.1 Å².